The molecule has 2 aromatic heterocycles. The molecule has 2 heterocycles. The first-order valence-electron chi connectivity index (χ1n) is 12.5. The van der Waals surface area contributed by atoms with Crippen molar-refractivity contribution in [2.24, 2.45) is 0 Å². The van der Waals surface area contributed by atoms with Gasteiger partial charge in [-0.3, -0.25) is 0 Å². The molecule has 0 fully saturated rings. The first-order valence-corrected chi connectivity index (χ1v) is 15.3. The lowest BCUT2D eigenvalue weighted by molar-refractivity contribution is 0.0517. The number of carbonyl (C=O) groups excluding carboxylic acids is 2. The Morgan fingerprint density at radius 3 is 1.79 bits per heavy atom. The number of ether oxygens (including phenoxy) is 2. The number of para-hydroxylation sites is 1. The van der Waals surface area contributed by atoms with E-state index >= 15 is 0 Å². The lowest BCUT2D eigenvalue weighted by Crippen LogP contribution is -2.11. The minimum absolute atomic E-state index is 0.0493. The fraction of sp³-hybridized carbons (Fsp3) is 0.133. The highest BCUT2D eigenvalue weighted by Crippen LogP contribution is 2.35. The van der Waals surface area contributed by atoms with E-state index in [1.165, 1.54) is 0 Å². The second-order valence-corrected chi connectivity index (χ2v) is 11.4. The summed E-state index contributed by atoms with van der Waals surface area (Å²) in [7, 11) is 0. The van der Waals surface area contributed by atoms with Gasteiger partial charge < -0.3 is 14.8 Å². The third-order valence-corrected chi connectivity index (χ3v) is 7.76. The highest BCUT2D eigenvalue weighted by atomic mass is 79.9. The Bertz CT molecular complexity index is 1790. The number of rotatable bonds is 6. The van der Waals surface area contributed by atoms with Crippen LogP contribution >= 0.6 is 66.7 Å². The first-order chi connectivity index (χ1) is 20.1. The third-order valence-electron chi connectivity index (χ3n) is 5.72. The molecule has 0 amide bonds. The largest absolute Gasteiger partial charge is 0.462 e. The highest BCUT2D eigenvalue weighted by molar-refractivity contribution is 9.10. The van der Waals surface area contributed by atoms with Crippen LogP contribution in [0.2, 0.25) is 15.2 Å². The average molecular weight is 755 g/mol. The van der Waals surface area contributed by atoms with Crippen LogP contribution in [0.1, 0.15) is 34.6 Å². The number of benzene rings is 3. The van der Waals surface area contributed by atoms with Crippen molar-refractivity contribution < 1.29 is 19.1 Å². The van der Waals surface area contributed by atoms with Gasteiger partial charge in [0.1, 0.15) is 22.1 Å². The molecule has 12 heteroatoms. The summed E-state index contributed by atoms with van der Waals surface area (Å²) in [6.07, 6.45) is 0. The van der Waals surface area contributed by atoms with Crippen molar-refractivity contribution in [1.82, 2.24) is 9.97 Å². The highest BCUT2D eigenvalue weighted by Gasteiger charge is 2.22. The van der Waals surface area contributed by atoms with E-state index in [0.29, 0.717) is 32.6 Å². The van der Waals surface area contributed by atoms with E-state index < -0.39 is 11.9 Å². The molecule has 0 aliphatic heterocycles. The molecule has 216 valence electrons. The normalized spacial score (nSPS) is 10.6. The standard InChI is InChI=1S/C18H14BrClN2O2.C12H8BrCl2NO2/c1-2-24-18(23)15-16(20)13-10-11(19)8-9-14(13)22-17(15)21-12-6-4-3-5-7-12;1-2-18-12(17)9-10(14)7-5-6(13)3-4-8(7)16-11(9)15/h3-10H,2H2,1H3,(H,21,22);3-5H,2H2,1H3. The first kappa shape index (κ1) is 32.0. The predicted octanol–water partition coefficient (Wildman–Crippen LogP) is 10.1. The number of fused-ring (bicyclic) bond motifs is 2. The van der Waals surface area contributed by atoms with Crippen molar-refractivity contribution in [3.63, 3.8) is 0 Å². The maximum atomic E-state index is 12.4. The number of esters is 2. The summed E-state index contributed by atoms with van der Waals surface area (Å²) in [4.78, 5) is 32.9. The number of carbonyl (C=O) groups is 2. The molecule has 0 radical (unpaired) electrons. The number of hydrogen-bond donors (Lipinski definition) is 1. The van der Waals surface area contributed by atoms with Gasteiger partial charge in [-0.05, 0) is 62.4 Å². The van der Waals surface area contributed by atoms with Crippen molar-refractivity contribution >= 4 is 112 Å². The molecule has 42 heavy (non-hydrogen) atoms. The Hall–Kier alpha value is -2.95. The SMILES string of the molecule is CCOC(=O)c1c(Cl)nc2ccc(Br)cc2c1Cl.CCOC(=O)c1c(Nc2ccccc2)nc2ccc(Br)cc2c1Cl. The van der Waals surface area contributed by atoms with E-state index in [-0.39, 0.29) is 34.5 Å². The maximum absolute atomic E-state index is 12.4. The molecule has 5 aromatic rings. The summed E-state index contributed by atoms with van der Waals surface area (Å²) >= 11 is 25.4. The fourth-order valence-electron chi connectivity index (χ4n) is 3.88. The Balaban J connectivity index is 0.000000201. The second kappa shape index (κ2) is 14.5. The van der Waals surface area contributed by atoms with Crippen molar-refractivity contribution in [3.05, 3.63) is 102 Å². The molecule has 0 aliphatic rings. The predicted molar refractivity (Wildman–Crippen MR) is 176 cm³/mol. The van der Waals surface area contributed by atoms with E-state index in [2.05, 4.69) is 47.1 Å². The average Bonchev–Trinajstić information content (AvgIpc) is 2.95. The zero-order valence-electron chi connectivity index (χ0n) is 22.2. The van der Waals surface area contributed by atoms with Gasteiger partial charge in [-0.25, -0.2) is 19.6 Å². The van der Waals surface area contributed by atoms with Crippen LogP contribution in [0.4, 0.5) is 11.5 Å². The van der Waals surface area contributed by atoms with Crippen LogP contribution in [0, 0.1) is 0 Å². The van der Waals surface area contributed by atoms with Gasteiger partial charge >= 0.3 is 11.9 Å². The summed E-state index contributed by atoms with van der Waals surface area (Å²) in [5.41, 5.74) is 2.46. The van der Waals surface area contributed by atoms with Crippen molar-refractivity contribution in [2.45, 2.75) is 13.8 Å². The van der Waals surface area contributed by atoms with Gasteiger partial charge in [0.2, 0.25) is 0 Å². The molecule has 0 saturated heterocycles. The number of nitrogens with one attached hydrogen (secondary N) is 1. The quantitative estimate of drug-likeness (QED) is 0.136. The minimum atomic E-state index is -0.568. The Labute approximate surface area is 273 Å². The molecule has 0 aliphatic carbocycles. The van der Waals surface area contributed by atoms with Crippen LogP contribution in [0.3, 0.4) is 0 Å². The smallest absolute Gasteiger partial charge is 0.343 e. The summed E-state index contributed by atoms with van der Waals surface area (Å²) in [6.45, 7) is 3.98. The van der Waals surface area contributed by atoms with E-state index in [0.717, 1.165) is 14.6 Å². The number of pyridine rings is 2. The van der Waals surface area contributed by atoms with Crippen LogP contribution in [-0.2, 0) is 9.47 Å². The molecule has 3 aromatic carbocycles. The monoisotopic (exact) mass is 751 g/mol. The molecule has 0 bridgehead atoms. The zero-order valence-corrected chi connectivity index (χ0v) is 27.6. The summed E-state index contributed by atoms with van der Waals surface area (Å²) in [5.74, 6) is -0.698. The van der Waals surface area contributed by atoms with Gasteiger partial charge in [-0.1, -0.05) is 84.9 Å². The van der Waals surface area contributed by atoms with Crippen molar-refractivity contribution in [1.29, 1.82) is 0 Å². The van der Waals surface area contributed by atoms with Crippen molar-refractivity contribution in [3.8, 4) is 0 Å². The van der Waals surface area contributed by atoms with Crippen molar-refractivity contribution in [2.75, 3.05) is 18.5 Å². The molecular formula is C30H22Br2Cl3N3O4. The van der Waals surface area contributed by atoms with E-state index in [1.807, 2.05) is 54.6 Å². The molecular weight excluding hydrogens is 733 g/mol. The summed E-state index contributed by atoms with van der Waals surface area (Å²) in [6, 6.07) is 20.4. The second-order valence-electron chi connectivity index (χ2n) is 8.50. The van der Waals surface area contributed by atoms with Gasteiger partial charge in [0.25, 0.3) is 0 Å². The number of anilines is 2. The lowest BCUT2D eigenvalue weighted by atomic mass is 10.1. The van der Waals surface area contributed by atoms with Gasteiger partial charge in [-0.15, -0.1) is 0 Å². The Kier molecular flexibility index (Phi) is 11.0. The molecule has 0 unspecified atom stereocenters. The van der Waals surface area contributed by atoms with Gasteiger partial charge in [0.15, 0.2) is 0 Å². The molecule has 0 spiro atoms. The number of nitrogens with zero attached hydrogens (tertiary/aromatic N) is 2. The molecule has 0 saturated carbocycles. The molecule has 5 rings (SSSR count). The lowest BCUT2D eigenvalue weighted by Gasteiger charge is -2.14. The molecule has 0 atom stereocenters. The fourth-order valence-corrected chi connectivity index (χ4v) is 5.55. The van der Waals surface area contributed by atoms with Gasteiger partial charge in [0, 0.05) is 25.4 Å². The number of halogens is 5. The van der Waals surface area contributed by atoms with Crippen LogP contribution in [0.15, 0.2) is 75.7 Å². The van der Waals surface area contributed by atoms with E-state index in [9.17, 15) is 9.59 Å². The van der Waals surface area contributed by atoms with E-state index in [1.54, 1.807) is 26.0 Å². The van der Waals surface area contributed by atoms with Crippen LogP contribution in [0.5, 0.6) is 0 Å². The van der Waals surface area contributed by atoms with Crippen LogP contribution in [0.25, 0.3) is 21.8 Å². The Morgan fingerprint density at radius 2 is 1.24 bits per heavy atom. The summed E-state index contributed by atoms with van der Waals surface area (Å²) in [5, 5.41) is 5.11. The van der Waals surface area contributed by atoms with E-state index in [4.69, 9.17) is 44.3 Å². The maximum Gasteiger partial charge on any atom is 0.343 e. The summed E-state index contributed by atoms with van der Waals surface area (Å²) < 4.78 is 11.8. The zero-order chi connectivity index (χ0) is 30.4. The van der Waals surface area contributed by atoms with Crippen LogP contribution in [-0.4, -0.2) is 35.1 Å². The van der Waals surface area contributed by atoms with Gasteiger partial charge in [0.05, 0.1) is 34.3 Å². The molecule has 1 N–H and O–H groups in total. The number of aromatic nitrogens is 2. The number of hydrogen-bond acceptors (Lipinski definition) is 7. The third kappa shape index (κ3) is 7.33. The topological polar surface area (TPSA) is 90.4 Å². The van der Waals surface area contributed by atoms with Gasteiger partial charge in [-0.2, -0.15) is 0 Å². The minimum Gasteiger partial charge on any atom is -0.462 e. The van der Waals surface area contributed by atoms with Crippen LogP contribution < -0.4 is 5.32 Å². The molecule has 7 nitrogen and oxygen atoms in total. The Morgan fingerprint density at radius 1 is 0.738 bits per heavy atom.